The van der Waals surface area contributed by atoms with E-state index in [1.54, 1.807) is 54.6 Å². The highest BCUT2D eigenvalue weighted by Crippen LogP contribution is 2.36. The summed E-state index contributed by atoms with van der Waals surface area (Å²) in [6.45, 7) is 2.05. The van der Waals surface area contributed by atoms with Crippen molar-refractivity contribution in [3.8, 4) is 17.2 Å². The third-order valence-electron chi connectivity index (χ3n) is 4.79. The first-order chi connectivity index (χ1) is 16.5. The molecule has 3 rings (SSSR count). The summed E-state index contributed by atoms with van der Waals surface area (Å²) in [5.74, 6) is 1.12. The Morgan fingerprint density at radius 2 is 1.83 bits per heavy atom. The minimum atomic E-state index is -3.51. The lowest BCUT2D eigenvalue weighted by atomic mass is 10.1. The maximum atomic E-state index is 12.7. The van der Waals surface area contributed by atoms with Crippen LogP contribution in [-0.2, 0) is 21.2 Å². The highest BCUT2D eigenvalue weighted by molar-refractivity contribution is 9.10. The number of hydrogen-bond donors (Lipinski definition) is 2. The molecule has 0 aliphatic carbocycles. The molecule has 35 heavy (non-hydrogen) atoms. The van der Waals surface area contributed by atoms with Gasteiger partial charge in [-0.3, -0.25) is 4.79 Å². The number of ether oxygens (including phenoxy) is 2. The second-order valence-electron chi connectivity index (χ2n) is 7.71. The van der Waals surface area contributed by atoms with E-state index in [2.05, 4.69) is 21.2 Å². The Bertz CT molecular complexity index is 1340. The number of amides is 1. The predicted molar refractivity (Wildman–Crippen MR) is 142 cm³/mol. The number of halogens is 3. The van der Waals surface area contributed by atoms with E-state index >= 15 is 0 Å². The van der Waals surface area contributed by atoms with Crippen LogP contribution >= 0.6 is 39.1 Å². The Labute approximate surface area is 222 Å². The van der Waals surface area contributed by atoms with Crippen LogP contribution in [0.2, 0.25) is 10.0 Å². The lowest BCUT2D eigenvalue weighted by Crippen LogP contribution is -2.18. The summed E-state index contributed by atoms with van der Waals surface area (Å²) in [5, 5.41) is 8.78. The van der Waals surface area contributed by atoms with Crippen LogP contribution in [0.3, 0.4) is 0 Å². The van der Waals surface area contributed by atoms with Gasteiger partial charge in [0, 0.05) is 16.8 Å². The summed E-state index contributed by atoms with van der Waals surface area (Å²) in [7, 11) is -3.51. The van der Waals surface area contributed by atoms with Gasteiger partial charge in [0.05, 0.1) is 28.3 Å². The topological polar surface area (TPSA) is 108 Å². The zero-order chi connectivity index (χ0) is 25.6. The molecule has 11 heteroatoms. The van der Waals surface area contributed by atoms with E-state index in [9.17, 15) is 13.2 Å². The zero-order valence-corrected chi connectivity index (χ0v) is 22.6. The SMILES string of the molecule is Cc1cc(OCCCS(N)(=O)=O)ccc1NC(=O)Cc1ccc(Cl)c(Oc2cc(Cl)ccc2Br)c1. The monoisotopic (exact) mass is 600 g/mol. The van der Waals surface area contributed by atoms with Gasteiger partial charge < -0.3 is 14.8 Å². The minimum Gasteiger partial charge on any atom is -0.494 e. The van der Waals surface area contributed by atoms with E-state index in [4.69, 9.17) is 37.8 Å². The molecule has 0 saturated heterocycles. The number of carbonyl (C=O) groups excluding carboxylic acids is 1. The average Bonchev–Trinajstić information content (AvgIpc) is 2.77. The number of aryl methyl sites for hydroxylation is 1. The summed E-state index contributed by atoms with van der Waals surface area (Å²) in [5.41, 5.74) is 2.15. The van der Waals surface area contributed by atoms with Crippen LogP contribution in [0.5, 0.6) is 17.2 Å². The molecule has 0 heterocycles. The van der Waals surface area contributed by atoms with Gasteiger partial charge in [-0.15, -0.1) is 0 Å². The molecular weight excluding hydrogens is 579 g/mol. The molecular formula is C24H23BrCl2N2O5S. The number of nitrogens with two attached hydrogens (primary N) is 1. The minimum absolute atomic E-state index is 0.107. The number of rotatable bonds is 10. The highest BCUT2D eigenvalue weighted by Gasteiger charge is 2.12. The van der Waals surface area contributed by atoms with Crippen LogP contribution in [0.15, 0.2) is 59.1 Å². The lowest BCUT2D eigenvalue weighted by molar-refractivity contribution is -0.115. The number of primary sulfonamides is 1. The van der Waals surface area contributed by atoms with Crippen LogP contribution in [0.25, 0.3) is 0 Å². The Kier molecular flexibility index (Phi) is 9.43. The third-order valence-corrected chi connectivity index (χ3v) is 6.85. The molecule has 0 bridgehead atoms. The number of benzene rings is 3. The first kappa shape index (κ1) is 27.3. The first-order valence-electron chi connectivity index (χ1n) is 10.5. The second-order valence-corrected chi connectivity index (χ2v) is 11.1. The molecule has 3 aromatic carbocycles. The number of sulfonamides is 1. The van der Waals surface area contributed by atoms with Gasteiger partial charge in [-0.2, -0.15) is 0 Å². The van der Waals surface area contributed by atoms with Crippen LogP contribution in [-0.4, -0.2) is 26.7 Å². The Hall–Kier alpha value is -2.30. The smallest absolute Gasteiger partial charge is 0.228 e. The maximum Gasteiger partial charge on any atom is 0.228 e. The Balaban J connectivity index is 1.61. The van der Waals surface area contributed by atoms with Crippen molar-refractivity contribution < 1.29 is 22.7 Å². The summed E-state index contributed by atoms with van der Waals surface area (Å²) < 4.78 is 34.1. The molecule has 0 fully saturated rings. The van der Waals surface area contributed by atoms with Crippen LogP contribution in [0, 0.1) is 6.92 Å². The second kappa shape index (κ2) is 12.1. The van der Waals surface area contributed by atoms with Crippen molar-refractivity contribution in [3.63, 3.8) is 0 Å². The maximum absolute atomic E-state index is 12.7. The molecule has 7 nitrogen and oxygen atoms in total. The quantitative estimate of drug-likeness (QED) is 0.273. The number of carbonyl (C=O) groups is 1. The molecule has 0 spiro atoms. The van der Waals surface area contributed by atoms with E-state index < -0.39 is 10.0 Å². The summed E-state index contributed by atoms with van der Waals surface area (Å²) in [6, 6.07) is 15.5. The van der Waals surface area contributed by atoms with Gasteiger partial charge in [-0.05, 0) is 82.9 Å². The van der Waals surface area contributed by atoms with Gasteiger partial charge in [0.15, 0.2) is 0 Å². The van der Waals surface area contributed by atoms with E-state index in [-0.39, 0.29) is 31.1 Å². The molecule has 0 unspecified atom stereocenters. The molecule has 0 atom stereocenters. The number of anilines is 1. The van der Waals surface area contributed by atoms with Crippen molar-refractivity contribution in [2.45, 2.75) is 19.8 Å². The van der Waals surface area contributed by atoms with Gasteiger partial charge in [0.25, 0.3) is 0 Å². The van der Waals surface area contributed by atoms with E-state index in [0.29, 0.717) is 43.0 Å². The van der Waals surface area contributed by atoms with Crippen LogP contribution < -0.4 is 19.9 Å². The van der Waals surface area contributed by atoms with Gasteiger partial charge in [0.1, 0.15) is 17.2 Å². The average molecular weight is 602 g/mol. The predicted octanol–water partition coefficient (Wildman–Crippen LogP) is 6.10. The summed E-state index contributed by atoms with van der Waals surface area (Å²) in [4.78, 5) is 12.7. The fraction of sp³-hybridized carbons (Fsp3) is 0.208. The van der Waals surface area contributed by atoms with Crippen molar-refractivity contribution in [2.75, 3.05) is 17.7 Å². The summed E-state index contributed by atoms with van der Waals surface area (Å²) in [6.07, 6.45) is 0.396. The van der Waals surface area contributed by atoms with E-state index in [0.717, 1.165) is 5.56 Å². The van der Waals surface area contributed by atoms with Crippen molar-refractivity contribution >= 4 is 60.7 Å². The van der Waals surface area contributed by atoms with Crippen molar-refractivity contribution in [3.05, 3.63) is 80.2 Å². The fourth-order valence-corrected chi connectivity index (χ4v) is 4.27. The van der Waals surface area contributed by atoms with E-state index in [1.165, 1.54) is 0 Å². The van der Waals surface area contributed by atoms with Crippen molar-refractivity contribution in [1.82, 2.24) is 0 Å². The molecule has 1 amide bonds. The van der Waals surface area contributed by atoms with E-state index in [1.807, 2.05) is 6.92 Å². The Morgan fingerprint density at radius 3 is 2.54 bits per heavy atom. The fourth-order valence-electron chi connectivity index (χ4n) is 3.11. The normalized spacial score (nSPS) is 11.2. The van der Waals surface area contributed by atoms with Crippen LogP contribution in [0.4, 0.5) is 5.69 Å². The Morgan fingerprint density at radius 1 is 1.06 bits per heavy atom. The zero-order valence-electron chi connectivity index (χ0n) is 18.7. The molecule has 0 saturated carbocycles. The van der Waals surface area contributed by atoms with Gasteiger partial charge >= 0.3 is 0 Å². The highest BCUT2D eigenvalue weighted by atomic mass is 79.9. The molecule has 3 N–H and O–H groups in total. The number of nitrogens with one attached hydrogen (secondary N) is 1. The van der Waals surface area contributed by atoms with Gasteiger partial charge in [-0.1, -0.05) is 29.3 Å². The van der Waals surface area contributed by atoms with Crippen LogP contribution in [0.1, 0.15) is 17.5 Å². The van der Waals surface area contributed by atoms with Gasteiger partial charge in [-0.25, -0.2) is 13.6 Å². The number of hydrogen-bond acceptors (Lipinski definition) is 5. The first-order valence-corrected chi connectivity index (χ1v) is 13.7. The third kappa shape index (κ3) is 8.70. The molecule has 0 aliphatic heterocycles. The van der Waals surface area contributed by atoms with Gasteiger partial charge in [0.2, 0.25) is 15.9 Å². The standard InChI is InChI=1S/C24H23BrCl2N2O5S/c1-15-11-18(33-9-2-10-35(28,31)32)5-8-21(15)29-24(30)13-16-3-7-20(27)23(12-16)34-22-14-17(26)4-6-19(22)25/h3-8,11-12,14H,2,9-10,13H2,1H3,(H,29,30)(H2,28,31,32). The lowest BCUT2D eigenvalue weighted by Gasteiger charge is -2.13. The molecule has 3 aromatic rings. The summed E-state index contributed by atoms with van der Waals surface area (Å²) >= 11 is 15.8. The van der Waals surface area contributed by atoms with Crippen molar-refractivity contribution in [2.24, 2.45) is 5.14 Å². The molecule has 0 aromatic heterocycles. The van der Waals surface area contributed by atoms with Crippen molar-refractivity contribution in [1.29, 1.82) is 0 Å². The molecule has 0 aliphatic rings. The largest absolute Gasteiger partial charge is 0.494 e. The molecule has 186 valence electrons. The molecule has 0 radical (unpaired) electrons.